The third-order valence-electron chi connectivity index (χ3n) is 4.26. The van der Waals surface area contributed by atoms with Crippen LogP contribution >= 0.6 is 0 Å². The normalized spacial score (nSPS) is 20.6. The van der Waals surface area contributed by atoms with Crippen molar-refractivity contribution in [2.75, 3.05) is 6.54 Å². The van der Waals surface area contributed by atoms with E-state index in [2.05, 4.69) is 27.8 Å². The summed E-state index contributed by atoms with van der Waals surface area (Å²) in [5.41, 5.74) is 3.14. The van der Waals surface area contributed by atoms with Gasteiger partial charge in [-0.05, 0) is 50.5 Å². The van der Waals surface area contributed by atoms with E-state index in [1.54, 1.807) is 0 Å². The Bertz CT molecular complexity index is 687. The molecule has 1 aliphatic rings. The predicted molar refractivity (Wildman–Crippen MR) is 99.1 cm³/mol. The molecule has 0 aliphatic carbocycles. The smallest absolute Gasteiger partial charge is 0.237 e. The van der Waals surface area contributed by atoms with Gasteiger partial charge in [0.15, 0.2) is 0 Å². The molecule has 3 rings (SSSR count). The lowest BCUT2D eigenvalue weighted by atomic mass is 10.1. The molecule has 0 saturated carbocycles. The maximum atomic E-state index is 12.3. The Labute approximate surface area is 149 Å². The van der Waals surface area contributed by atoms with Crippen LogP contribution in [0.3, 0.4) is 0 Å². The zero-order chi connectivity index (χ0) is 17.9. The van der Waals surface area contributed by atoms with Crippen molar-refractivity contribution in [1.82, 2.24) is 15.6 Å². The zero-order valence-corrected chi connectivity index (χ0v) is 15.1. The first kappa shape index (κ1) is 17.7. The molecule has 134 valence electrons. The van der Waals surface area contributed by atoms with Gasteiger partial charge in [0.05, 0.1) is 17.7 Å². The number of H-pyrrole nitrogens is 1. The van der Waals surface area contributed by atoms with Crippen LogP contribution in [0.2, 0.25) is 0 Å². The molecule has 1 aliphatic heterocycles. The number of carbonyl (C=O) groups excluding carboxylic acids is 1. The summed E-state index contributed by atoms with van der Waals surface area (Å²) in [6.07, 6.45) is 2.72. The maximum absolute atomic E-state index is 12.3. The fourth-order valence-corrected chi connectivity index (χ4v) is 3.12. The molecule has 0 spiro atoms. The Morgan fingerprint density at radius 1 is 1.24 bits per heavy atom. The third kappa shape index (κ3) is 4.94. The van der Waals surface area contributed by atoms with E-state index in [-0.39, 0.29) is 23.7 Å². The molecule has 5 heteroatoms. The molecule has 0 bridgehead atoms. The Kier molecular flexibility index (Phi) is 5.25. The molecule has 1 aromatic heterocycles. The number of carbonyl (C=O) groups is 1. The van der Waals surface area contributed by atoms with Crippen LogP contribution in [0.25, 0.3) is 11.3 Å². The zero-order valence-electron chi connectivity index (χ0n) is 15.1. The summed E-state index contributed by atoms with van der Waals surface area (Å²) in [5.74, 6) is 0.0356. The van der Waals surface area contributed by atoms with Gasteiger partial charge in [0.25, 0.3) is 0 Å². The predicted octanol–water partition coefficient (Wildman–Crippen LogP) is 2.84. The minimum atomic E-state index is -0.182. The molecule has 1 aromatic carbocycles. The van der Waals surface area contributed by atoms with Gasteiger partial charge in [-0.2, -0.15) is 0 Å². The molecule has 2 aromatic rings. The van der Waals surface area contributed by atoms with Crippen LogP contribution in [-0.4, -0.2) is 35.2 Å². The minimum absolute atomic E-state index is 0.0356. The van der Waals surface area contributed by atoms with Crippen molar-refractivity contribution in [3.05, 3.63) is 48.2 Å². The Hall–Kier alpha value is -2.11. The lowest BCUT2D eigenvalue weighted by Crippen LogP contribution is -2.40. The summed E-state index contributed by atoms with van der Waals surface area (Å²) >= 11 is 0. The molecule has 0 unspecified atom stereocenters. The van der Waals surface area contributed by atoms with Crippen LogP contribution in [0.4, 0.5) is 0 Å². The SMILES string of the molecule is CC(C)(C)O[C@H]1CN[C@H](C(=O)NCc2ccc(-c3ccc[nH]3)cc2)C1. The molecule has 5 nitrogen and oxygen atoms in total. The summed E-state index contributed by atoms with van der Waals surface area (Å²) in [6.45, 7) is 7.37. The lowest BCUT2D eigenvalue weighted by molar-refractivity contribution is -0.123. The van der Waals surface area contributed by atoms with E-state index in [1.165, 1.54) is 0 Å². The lowest BCUT2D eigenvalue weighted by Gasteiger charge is -2.24. The number of hydrogen-bond acceptors (Lipinski definition) is 3. The molecule has 1 amide bonds. The van der Waals surface area contributed by atoms with Crippen LogP contribution in [0.15, 0.2) is 42.6 Å². The van der Waals surface area contributed by atoms with Crippen molar-refractivity contribution in [2.24, 2.45) is 0 Å². The third-order valence-corrected chi connectivity index (χ3v) is 4.26. The standard InChI is InChI=1S/C20H27N3O2/c1-20(2,3)25-16-11-18(22-13-16)19(24)23-12-14-6-8-15(9-7-14)17-5-4-10-21-17/h4-10,16,18,21-22H,11-13H2,1-3H3,(H,23,24)/t16-,18+/m1/s1. The van der Waals surface area contributed by atoms with Crippen molar-refractivity contribution in [2.45, 2.75) is 51.5 Å². The summed E-state index contributed by atoms with van der Waals surface area (Å²) in [4.78, 5) is 15.5. The van der Waals surface area contributed by atoms with Gasteiger partial charge < -0.3 is 20.4 Å². The van der Waals surface area contributed by atoms with Crippen LogP contribution in [0.5, 0.6) is 0 Å². The maximum Gasteiger partial charge on any atom is 0.237 e. The van der Waals surface area contributed by atoms with Crippen LogP contribution in [0.1, 0.15) is 32.8 Å². The van der Waals surface area contributed by atoms with Gasteiger partial charge in [0.1, 0.15) is 0 Å². The van der Waals surface area contributed by atoms with Crippen LogP contribution in [0, 0.1) is 0 Å². The quantitative estimate of drug-likeness (QED) is 0.783. The first-order valence-corrected chi connectivity index (χ1v) is 8.82. The van der Waals surface area contributed by atoms with E-state index < -0.39 is 0 Å². The Morgan fingerprint density at radius 3 is 2.64 bits per heavy atom. The van der Waals surface area contributed by atoms with Crippen molar-refractivity contribution < 1.29 is 9.53 Å². The first-order valence-electron chi connectivity index (χ1n) is 8.82. The average Bonchev–Trinajstić information content (AvgIpc) is 3.23. The van der Waals surface area contributed by atoms with E-state index >= 15 is 0 Å². The monoisotopic (exact) mass is 341 g/mol. The molecule has 1 saturated heterocycles. The molecule has 0 radical (unpaired) electrons. The van der Waals surface area contributed by atoms with Gasteiger partial charge in [0.2, 0.25) is 5.91 Å². The highest BCUT2D eigenvalue weighted by Crippen LogP contribution is 2.19. The van der Waals surface area contributed by atoms with Gasteiger partial charge in [-0.25, -0.2) is 0 Å². The highest BCUT2D eigenvalue weighted by molar-refractivity contribution is 5.82. The molecule has 3 N–H and O–H groups in total. The van der Waals surface area contributed by atoms with Crippen molar-refractivity contribution in [1.29, 1.82) is 0 Å². The largest absolute Gasteiger partial charge is 0.371 e. The molecule has 2 heterocycles. The molecule has 2 atom stereocenters. The number of aromatic amines is 1. The molecular weight excluding hydrogens is 314 g/mol. The number of aromatic nitrogens is 1. The summed E-state index contributed by atoms with van der Waals surface area (Å²) < 4.78 is 5.94. The highest BCUT2D eigenvalue weighted by Gasteiger charge is 2.32. The van der Waals surface area contributed by atoms with Crippen molar-refractivity contribution in [3.63, 3.8) is 0 Å². The van der Waals surface area contributed by atoms with E-state index in [0.717, 1.165) is 29.8 Å². The highest BCUT2D eigenvalue weighted by atomic mass is 16.5. The number of amides is 1. The van der Waals surface area contributed by atoms with Gasteiger partial charge in [-0.3, -0.25) is 4.79 Å². The van der Waals surface area contributed by atoms with Gasteiger partial charge >= 0.3 is 0 Å². The summed E-state index contributed by atoms with van der Waals surface area (Å²) in [6, 6.07) is 12.1. The fourth-order valence-electron chi connectivity index (χ4n) is 3.12. The number of ether oxygens (including phenoxy) is 1. The van der Waals surface area contributed by atoms with Crippen LogP contribution in [-0.2, 0) is 16.1 Å². The number of benzene rings is 1. The number of rotatable bonds is 5. The minimum Gasteiger partial charge on any atom is -0.371 e. The van der Waals surface area contributed by atoms with Crippen LogP contribution < -0.4 is 10.6 Å². The topological polar surface area (TPSA) is 66.2 Å². The number of hydrogen-bond donors (Lipinski definition) is 3. The van der Waals surface area contributed by atoms with Crippen molar-refractivity contribution >= 4 is 5.91 Å². The van der Waals surface area contributed by atoms with Crippen molar-refractivity contribution in [3.8, 4) is 11.3 Å². The number of nitrogens with one attached hydrogen (secondary N) is 3. The Morgan fingerprint density at radius 2 is 2.00 bits per heavy atom. The molecule has 25 heavy (non-hydrogen) atoms. The van der Waals surface area contributed by atoms with Gasteiger partial charge in [-0.15, -0.1) is 0 Å². The summed E-state index contributed by atoms with van der Waals surface area (Å²) in [7, 11) is 0. The van der Waals surface area contributed by atoms with E-state index in [9.17, 15) is 4.79 Å². The van der Waals surface area contributed by atoms with Gasteiger partial charge in [0, 0.05) is 25.0 Å². The molecule has 1 fully saturated rings. The van der Waals surface area contributed by atoms with E-state index in [4.69, 9.17) is 4.74 Å². The summed E-state index contributed by atoms with van der Waals surface area (Å²) in [5, 5.41) is 6.27. The average molecular weight is 341 g/mol. The first-order chi connectivity index (χ1) is 11.9. The Balaban J connectivity index is 1.48. The van der Waals surface area contributed by atoms with E-state index in [0.29, 0.717) is 6.54 Å². The molecular formula is C20H27N3O2. The second kappa shape index (κ2) is 7.42. The second-order valence-corrected chi connectivity index (χ2v) is 7.55. The fraction of sp³-hybridized carbons (Fsp3) is 0.450. The van der Waals surface area contributed by atoms with E-state index in [1.807, 2.05) is 51.2 Å². The van der Waals surface area contributed by atoms with Gasteiger partial charge in [-0.1, -0.05) is 24.3 Å². The second-order valence-electron chi connectivity index (χ2n) is 7.55.